The Bertz CT molecular complexity index is 489. The van der Waals surface area contributed by atoms with E-state index in [0.717, 1.165) is 0 Å². The highest BCUT2D eigenvalue weighted by Crippen LogP contribution is 2.16. The van der Waals surface area contributed by atoms with Crippen LogP contribution in [0.4, 0.5) is 0 Å². The fraction of sp³-hybridized carbons (Fsp3) is 0.400. The van der Waals surface area contributed by atoms with Crippen LogP contribution in [0.3, 0.4) is 0 Å². The van der Waals surface area contributed by atoms with Gasteiger partial charge in [-0.05, 0) is 45.0 Å². The third-order valence-electron chi connectivity index (χ3n) is 2.71. The predicted molar refractivity (Wildman–Crippen MR) is 72.7 cm³/mol. The highest BCUT2D eigenvalue weighted by Gasteiger charge is 2.29. The summed E-state index contributed by atoms with van der Waals surface area (Å²) < 4.78 is 9.87. The number of carbonyl (C=O) groups excluding carboxylic acids is 3. The monoisotopic (exact) mass is 278 g/mol. The summed E-state index contributed by atoms with van der Waals surface area (Å²) in [6, 6.07) is 6.45. The van der Waals surface area contributed by atoms with Crippen molar-refractivity contribution in [3.05, 3.63) is 29.8 Å². The van der Waals surface area contributed by atoms with E-state index in [2.05, 4.69) is 4.74 Å². The van der Waals surface area contributed by atoms with Gasteiger partial charge in [0.05, 0.1) is 19.1 Å². The minimum absolute atomic E-state index is 0.106. The molecule has 0 radical (unpaired) electrons. The van der Waals surface area contributed by atoms with Crippen molar-refractivity contribution in [3.8, 4) is 5.75 Å². The van der Waals surface area contributed by atoms with Gasteiger partial charge in [-0.2, -0.15) is 0 Å². The van der Waals surface area contributed by atoms with E-state index in [1.165, 1.54) is 6.92 Å². The molecule has 0 amide bonds. The first-order valence-electron chi connectivity index (χ1n) is 6.49. The molecule has 0 aliphatic heterocycles. The molecule has 0 aliphatic carbocycles. The highest BCUT2D eigenvalue weighted by molar-refractivity contribution is 6.39. The molecule has 1 atom stereocenters. The Hall–Kier alpha value is -2.17. The van der Waals surface area contributed by atoms with E-state index in [1.54, 1.807) is 31.2 Å². The number of esters is 1. The van der Waals surface area contributed by atoms with Gasteiger partial charge in [0, 0.05) is 5.56 Å². The lowest BCUT2D eigenvalue weighted by Gasteiger charge is -2.09. The number of Topliss-reactive ketones (excluding diaryl/α,β-unsaturated/α-hetero) is 2. The van der Waals surface area contributed by atoms with Crippen molar-refractivity contribution >= 4 is 17.5 Å². The maximum Gasteiger partial charge on any atom is 0.375 e. The van der Waals surface area contributed by atoms with Gasteiger partial charge in [0.2, 0.25) is 0 Å². The second kappa shape index (κ2) is 7.43. The lowest BCUT2D eigenvalue weighted by atomic mass is 9.95. The van der Waals surface area contributed by atoms with Crippen LogP contribution in [-0.4, -0.2) is 30.7 Å². The highest BCUT2D eigenvalue weighted by atomic mass is 16.5. The number of benzene rings is 1. The van der Waals surface area contributed by atoms with E-state index < -0.39 is 23.5 Å². The quantitative estimate of drug-likeness (QED) is 0.330. The van der Waals surface area contributed by atoms with Crippen LogP contribution in [-0.2, 0) is 14.3 Å². The molecule has 108 valence electrons. The van der Waals surface area contributed by atoms with Crippen LogP contribution in [0.1, 0.15) is 31.1 Å². The minimum Gasteiger partial charge on any atom is -0.494 e. The zero-order chi connectivity index (χ0) is 15.1. The van der Waals surface area contributed by atoms with Crippen LogP contribution < -0.4 is 4.74 Å². The average molecular weight is 278 g/mol. The van der Waals surface area contributed by atoms with E-state index in [9.17, 15) is 14.4 Å². The van der Waals surface area contributed by atoms with Gasteiger partial charge in [0.25, 0.3) is 5.78 Å². The Labute approximate surface area is 117 Å². The van der Waals surface area contributed by atoms with E-state index in [1.807, 2.05) is 6.92 Å². The molecule has 0 saturated heterocycles. The zero-order valence-corrected chi connectivity index (χ0v) is 11.8. The summed E-state index contributed by atoms with van der Waals surface area (Å²) in [4.78, 5) is 35.1. The Morgan fingerprint density at radius 1 is 1.05 bits per heavy atom. The van der Waals surface area contributed by atoms with Gasteiger partial charge in [0.15, 0.2) is 5.78 Å². The van der Waals surface area contributed by atoms with Crippen molar-refractivity contribution in [2.24, 2.45) is 5.92 Å². The molecule has 1 aromatic carbocycles. The van der Waals surface area contributed by atoms with Crippen molar-refractivity contribution in [3.63, 3.8) is 0 Å². The lowest BCUT2D eigenvalue weighted by Crippen LogP contribution is -2.29. The van der Waals surface area contributed by atoms with Gasteiger partial charge in [-0.3, -0.25) is 9.59 Å². The molecule has 0 N–H and O–H groups in total. The van der Waals surface area contributed by atoms with Crippen molar-refractivity contribution < 1.29 is 23.9 Å². The summed E-state index contributed by atoms with van der Waals surface area (Å²) in [5.74, 6) is -2.61. The number of ketones is 2. The largest absolute Gasteiger partial charge is 0.494 e. The summed E-state index contributed by atoms with van der Waals surface area (Å²) in [6.07, 6.45) is 0. The Balaban J connectivity index is 2.78. The normalized spacial score (nSPS) is 11.6. The topological polar surface area (TPSA) is 69.7 Å². The Morgan fingerprint density at radius 3 is 2.15 bits per heavy atom. The number of hydrogen-bond acceptors (Lipinski definition) is 5. The Morgan fingerprint density at radius 2 is 1.65 bits per heavy atom. The van der Waals surface area contributed by atoms with Gasteiger partial charge in [-0.15, -0.1) is 0 Å². The first-order chi connectivity index (χ1) is 9.51. The number of carbonyl (C=O) groups is 3. The SMILES string of the molecule is CCOC(=O)C(=O)C(C)C(=O)c1ccc(OCC)cc1. The van der Waals surface area contributed by atoms with Gasteiger partial charge in [0.1, 0.15) is 5.75 Å². The summed E-state index contributed by atoms with van der Waals surface area (Å²) in [5.41, 5.74) is 0.360. The van der Waals surface area contributed by atoms with Gasteiger partial charge in [-0.25, -0.2) is 4.79 Å². The van der Waals surface area contributed by atoms with Crippen LogP contribution in [0.5, 0.6) is 5.75 Å². The molecule has 20 heavy (non-hydrogen) atoms. The Kier molecular flexibility index (Phi) is 5.90. The van der Waals surface area contributed by atoms with E-state index in [4.69, 9.17) is 4.74 Å². The molecule has 0 aromatic heterocycles. The van der Waals surface area contributed by atoms with Crippen molar-refractivity contribution in [1.29, 1.82) is 0 Å². The van der Waals surface area contributed by atoms with Crippen molar-refractivity contribution in [2.75, 3.05) is 13.2 Å². The van der Waals surface area contributed by atoms with Crippen LogP contribution in [0, 0.1) is 5.92 Å². The second-order valence-corrected chi connectivity index (χ2v) is 4.13. The molecule has 0 saturated carbocycles. The molecule has 1 unspecified atom stereocenters. The number of rotatable bonds is 7. The molecule has 0 bridgehead atoms. The van der Waals surface area contributed by atoms with Crippen LogP contribution in [0.25, 0.3) is 0 Å². The molecule has 5 nitrogen and oxygen atoms in total. The molecule has 0 fully saturated rings. The molecule has 0 heterocycles. The summed E-state index contributed by atoms with van der Waals surface area (Å²) >= 11 is 0. The summed E-state index contributed by atoms with van der Waals surface area (Å²) in [5, 5.41) is 0. The van der Waals surface area contributed by atoms with E-state index in [0.29, 0.717) is 17.9 Å². The van der Waals surface area contributed by atoms with Crippen LogP contribution >= 0.6 is 0 Å². The number of hydrogen-bond donors (Lipinski definition) is 0. The summed E-state index contributed by atoms with van der Waals surface area (Å²) in [7, 11) is 0. The lowest BCUT2D eigenvalue weighted by molar-refractivity contribution is -0.154. The van der Waals surface area contributed by atoms with Gasteiger partial charge in [-0.1, -0.05) is 0 Å². The van der Waals surface area contributed by atoms with Crippen LogP contribution in [0.15, 0.2) is 24.3 Å². The molecule has 5 heteroatoms. The fourth-order valence-corrected chi connectivity index (χ4v) is 1.63. The zero-order valence-electron chi connectivity index (χ0n) is 11.8. The molecule has 1 rings (SSSR count). The van der Waals surface area contributed by atoms with Crippen LogP contribution in [0.2, 0.25) is 0 Å². The maximum absolute atomic E-state index is 12.1. The van der Waals surface area contributed by atoms with Gasteiger partial charge >= 0.3 is 5.97 Å². The summed E-state index contributed by atoms with van der Waals surface area (Å²) in [6.45, 7) is 5.50. The smallest absolute Gasteiger partial charge is 0.375 e. The average Bonchev–Trinajstić information content (AvgIpc) is 2.46. The third-order valence-corrected chi connectivity index (χ3v) is 2.71. The van der Waals surface area contributed by atoms with Crippen molar-refractivity contribution in [1.82, 2.24) is 0 Å². The second-order valence-electron chi connectivity index (χ2n) is 4.13. The molecule has 0 spiro atoms. The molecular formula is C15H18O5. The molecule has 1 aromatic rings. The first-order valence-corrected chi connectivity index (χ1v) is 6.49. The van der Waals surface area contributed by atoms with Gasteiger partial charge < -0.3 is 9.47 Å². The van der Waals surface area contributed by atoms with E-state index >= 15 is 0 Å². The first kappa shape index (κ1) is 15.9. The number of ether oxygens (including phenoxy) is 2. The van der Waals surface area contributed by atoms with Crippen molar-refractivity contribution in [2.45, 2.75) is 20.8 Å². The minimum atomic E-state index is -1.05. The third kappa shape index (κ3) is 3.91. The predicted octanol–water partition coefficient (Wildman–Crippen LogP) is 2.04. The molecule has 0 aliphatic rings. The standard InChI is InChI=1S/C15H18O5/c1-4-19-12-8-6-11(7-9-12)13(16)10(3)14(17)15(18)20-5-2/h6-10H,4-5H2,1-3H3. The fourth-order valence-electron chi connectivity index (χ4n) is 1.63. The maximum atomic E-state index is 12.1. The van der Waals surface area contributed by atoms with E-state index in [-0.39, 0.29) is 6.61 Å². The molecular weight excluding hydrogens is 260 g/mol.